The standard InChI is InChI=1S/C26H29Cl2N7O2.C26H32Cl2N6O2.C25H28Cl2N8O.C25H29Cl2N7O2S/c1-16(20-7-6-19(27)10-21(20)28)35-26-25(22(11-29)32-35)30-12-23(31-26)34-14-18(15-34)17-4-2-8-33(13-17)9-3-5-24(36)37;1-16-22-12-29-26(30-25(22)34(31-16)17(2)21-8-7-20(27)11-23(21)28)33-14-19(15-33)18-5-3-9-32(13-18)10-4-6-24(35)36;1-15(19-5-4-18(26)9-20(19)27)35-25-24(21(10-28)32-35)30-11-23(31-25)34-13-17(14-34)16-3-2-7-33(12-16)8-6-22(29)36;1-16(20-6-5-19(26)10-21(20)27)34-25-24(22(11-28)31-34)29-12-23(30-25)33-14-18(15-33)17-4-3-7-32(13-17)8-9-37(2,35)36/h6-7,10,12,16-18H,2-5,8-9,13-15H2,1H3,(H,36,37);7-8,11-12,17-19H,3-6,9-10,13-15H2,1-2H3,(H,35,36);4-5,9,11,15-17H,2-3,6-8,12-14H2,1H3,(H2,29,36);5-6,10,12,16-18H,3-4,7-9,13-15H2,1-2H3. The summed E-state index contributed by atoms with van der Waals surface area (Å²) in [6.07, 6.45) is 20.0. The number of benzene rings is 4. The number of hydrogen-bond acceptors (Lipinski definition) is 28. The van der Waals surface area contributed by atoms with Crippen LogP contribution in [0, 0.1) is 88.3 Å². The topological polar surface area (TPSA) is 424 Å². The second kappa shape index (κ2) is 47.0. The van der Waals surface area contributed by atoms with Gasteiger partial charge < -0.3 is 55.1 Å². The minimum atomic E-state index is -2.95. The number of fused-ring (bicyclic) bond motifs is 4. The van der Waals surface area contributed by atoms with E-state index >= 15 is 0 Å². The van der Waals surface area contributed by atoms with Crippen LogP contribution in [-0.4, -0.2) is 278 Å². The molecule has 146 heavy (non-hydrogen) atoms. The molecule has 44 heteroatoms. The Labute approximate surface area is 888 Å². The van der Waals surface area contributed by atoms with Crippen molar-refractivity contribution >= 4 is 188 Å². The molecule has 0 spiro atoms. The Morgan fingerprint density at radius 3 is 1.01 bits per heavy atom. The molecular formula is C102H118Cl8N28O7S. The summed E-state index contributed by atoms with van der Waals surface area (Å²) < 4.78 is 30.2. The third-order valence-corrected chi connectivity index (χ3v) is 33.3. The van der Waals surface area contributed by atoms with Gasteiger partial charge in [-0.15, -0.1) is 0 Å². The highest BCUT2D eigenvalue weighted by Gasteiger charge is 2.43. The van der Waals surface area contributed by atoms with Crippen LogP contribution in [-0.2, 0) is 24.2 Å². The first kappa shape index (κ1) is 107. The highest BCUT2D eigenvalue weighted by Crippen LogP contribution is 2.43. The minimum absolute atomic E-state index is 0.104. The lowest BCUT2D eigenvalue weighted by Crippen LogP contribution is -2.54. The minimum Gasteiger partial charge on any atom is -0.481 e. The number of nitriles is 3. The molecule has 1 amide bonds. The largest absolute Gasteiger partial charge is 0.481 e. The van der Waals surface area contributed by atoms with Crippen LogP contribution in [0.15, 0.2) is 97.6 Å². The van der Waals surface area contributed by atoms with Crippen LogP contribution in [0.2, 0.25) is 40.2 Å². The average molecular weight is 2160 g/mol. The van der Waals surface area contributed by atoms with Crippen LogP contribution in [0.25, 0.3) is 44.5 Å². The van der Waals surface area contributed by atoms with E-state index in [0.717, 1.165) is 219 Å². The highest BCUT2D eigenvalue weighted by molar-refractivity contribution is 7.90. The second-order valence-electron chi connectivity index (χ2n) is 40.0. The van der Waals surface area contributed by atoms with Gasteiger partial charge in [-0.05, 0) is 256 Å². The summed E-state index contributed by atoms with van der Waals surface area (Å²) in [5.41, 5.74) is 14.2. The van der Waals surface area contributed by atoms with Crippen molar-refractivity contribution in [2.45, 2.75) is 142 Å². The summed E-state index contributed by atoms with van der Waals surface area (Å²) in [6, 6.07) is 27.0. The molecule has 35 nitrogen and oxygen atoms in total. The van der Waals surface area contributed by atoms with E-state index in [1.165, 1.54) is 31.9 Å². The summed E-state index contributed by atoms with van der Waals surface area (Å²) in [5, 5.41) is 70.4. The van der Waals surface area contributed by atoms with Gasteiger partial charge in [0.25, 0.3) is 0 Å². The monoisotopic (exact) mass is 2160 g/mol. The fourth-order valence-corrected chi connectivity index (χ4v) is 24.6. The van der Waals surface area contributed by atoms with Crippen LogP contribution < -0.4 is 25.3 Å². The Bertz CT molecular complexity index is 7050. The number of sulfone groups is 1. The Balaban J connectivity index is 0.000000133. The number of halogens is 8. The number of carbonyl (C=O) groups excluding carboxylic acids is 1. The maximum atomic E-state index is 11.6. The lowest BCUT2D eigenvalue weighted by Gasteiger charge is -2.47. The van der Waals surface area contributed by atoms with Gasteiger partial charge in [-0.25, -0.2) is 62.0 Å². The predicted molar refractivity (Wildman–Crippen MR) is 568 cm³/mol. The number of aliphatic carboxylic acids is 2. The molecule has 0 bridgehead atoms. The van der Waals surface area contributed by atoms with E-state index in [2.05, 4.69) is 99.6 Å². The maximum Gasteiger partial charge on any atom is 0.303 e. The van der Waals surface area contributed by atoms with Gasteiger partial charge in [0.2, 0.25) is 11.9 Å². The van der Waals surface area contributed by atoms with Crippen molar-refractivity contribution in [3.63, 3.8) is 0 Å². The first-order chi connectivity index (χ1) is 70.1. The van der Waals surface area contributed by atoms with Gasteiger partial charge in [-0.1, -0.05) is 117 Å². The van der Waals surface area contributed by atoms with Gasteiger partial charge >= 0.3 is 11.9 Å². The summed E-state index contributed by atoms with van der Waals surface area (Å²) in [6.45, 7) is 28.4. The van der Waals surface area contributed by atoms with Crippen molar-refractivity contribution in [3.8, 4) is 18.2 Å². The first-order valence-corrected chi connectivity index (χ1v) is 54.9. The third-order valence-electron chi connectivity index (χ3n) is 30.1. The van der Waals surface area contributed by atoms with E-state index in [1.54, 1.807) is 75.1 Å². The van der Waals surface area contributed by atoms with Gasteiger partial charge in [-0.2, -0.15) is 41.2 Å². The molecule has 12 aromatic rings. The molecule has 8 unspecified atom stereocenters. The lowest BCUT2D eigenvalue weighted by atomic mass is 9.80. The van der Waals surface area contributed by atoms with E-state index in [-0.39, 0.29) is 65.8 Å². The fourth-order valence-electron chi connectivity index (χ4n) is 21.7. The molecule has 8 fully saturated rings. The fraction of sp³-hybridized carbons (Fsp3) is 0.510. The molecular weight excluding hydrogens is 2050 g/mol. The number of anilines is 4. The zero-order valence-electron chi connectivity index (χ0n) is 82.2. The molecule has 8 aromatic heterocycles. The van der Waals surface area contributed by atoms with Crippen molar-refractivity contribution < 1.29 is 33.0 Å². The molecule has 16 heterocycles. The number of aromatic nitrogens is 16. The number of carboxylic acid groups (broad SMARTS) is 2. The van der Waals surface area contributed by atoms with Crippen LogP contribution in [0.1, 0.15) is 180 Å². The molecule has 8 aliphatic rings. The molecule has 4 N–H and O–H groups in total. The van der Waals surface area contributed by atoms with Gasteiger partial charge in [0.15, 0.2) is 39.7 Å². The SMILES string of the molecule is CC(c1ccc(Cl)cc1Cl)n1nc(C#N)c2ncc(N3CC(C4CCCN(CCC(N)=O)C4)C3)nc21.CC(c1ccc(Cl)cc1Cl)n1nc(C#N)c2ncc(N3CC(C4CCCN(CCCC(=O)O)C4)C3)nc21.CC(c1ccc(Cl)cc1Cl)n1nc(C#N)c2ncc(N3CC(C4CCCN(CCS(C)(=O)=O)C4)C3)nc21.Cc1nn(C(C)c2ccc(Cl)cc2Cl)c2nc(N3CC(C4CCCN(CCCC(=O)O)C4)C3)ncc12. The summed E-state index contributed by atoms with van der Waals surface area (Å²) in [5.74, 6) is 6.27. The number of aryl methyl sites for hydroxylation is 1. The predicted octanol–water partition coefficient (Wildman–Crippen LogP) is 17.1. The highest BCUT2D eigenvalue weighted by atomic mass is 35.5. The number of rotatable bonds is 30. The Kier molecular flexibility index (Phi) is 34.3. The van der Waals surface area contributed by atoms with Crippen LogP contribution in [0.4, 0.5) is 23.4 Å². The van der Waals surface area contributed by atoms with Crippen molar-refractivity contribution in [1.29, 1.82) is 15.8 Å². The van der Waals surface area contributed by atoms with Gasteiger partial charge in [-0.3, -0.25) is 14.4 Å². The Morgan fingerprint density at radius 2 is 0.712 bits per heavy atom. The molecule has 0 saturated carbocycles. The van der Waals surface area contributed by atoms with Gasteiger partial charge in [0, 0.05) is 164 Å². The molecule has 8 saturated heterocycles. The summed E-state index contributed by atoms with van der Waals surface area (Å²) in [7, 11) is -2.95. The Morgan fingerprint density at radius 1 is 0.404 bits per heavy atom. The number of carbonyl (C=O) groups is 3. The molecule has 770 valence electrons. The normalized spacial score (nSPS) is 19.8. The molecule has 20 rings (SSSR count). The molecule has 8 aliphatic heterocycles. The molecule has 0 radical (unpaired) electrons. The number of amides is 1. The smallest absolute Gasteiger partial charge is 0.303 e. The van der Waals surface area contributed by atoms with E-state index in [4.69, 9.17) is 134 Å². The summed E-state index contributed by atoms with van der Waals surface area (Å²) in [4.78, 5) is 89.2. The van der Waals surface area contributed by atoms with E-state index in [1.807, 2.05) is 68.9 Å². The zero-order chi connectivity index (χ0) is 103. The van der Waals surface area contributed by atoms with E-state index < -0.39 is 21.8 Å². The van der Waals surface area contributed by atoms with Gasteiger partial charge in [0.05, 0.1) is 59.6 Å². The van der Waals surface area contributed by atoms with Crippen molar-refractivity contribution in [2.24, 2.45) is 53.1 Å². The van der Waals surface area contributed by atoms with Crippen molar-refractivity contribution in [3.05, 3.63) is 183 Å². The Hall–Kier alpha value is -10.7. The maximum absolute atomic E-state index is 11.6. The van der Waals surface area contributed by atoms with Crippen LogP contribution >= 0.6 is 92.8 Å². The van der Waals surface area contributed by atoms with E-state index in [9.17, 15) is 38.6 Å². The zero-order valence-corrected chi connectivity index (χ0v) is 89.1. The van der Waals surface area contributed by atoms with Crippen LogP contribution in [0.3, 0.4) is 0 Å². The average Bonchev–Trinajstić information content (AvgIpc) is 1.62. The number of piperidine rings is 4. The second-order valence-corrected chi connectivity index (χ2v) is 45.7. The quantitative estimate of drug-likeness (QED) is 0.0376. The van der Waals surface area contributed by atoms with Crippen molar-refractivity contribution in [2.75, 3.05) is 163 Å². The molecule has 8 atom stereocenters. The number of hydrogen-bond donors (Lipinski definition) is 3. The number of nitrogens with two attached hydrogens (primary N) is 1. The number of carboxylic acids is 2. The lowest BCUT2D eigenvalue weighted by molar-refractivity contribution is -0.138. The number of likely N-dealkylation sites (tertiary alicyclic amines) is 4. The van der Waals surface area contributed by atoms with E-state index in [0.29, 0.717) is 140 Å². The van der Waals surface area contributed by atoms with Gasteiger partial charge in [0.1, 0.15) is 62.0 Å². The number of primary amides is 1. The summed E-state index contributed by atoms with van der Waals surface area (Å²) >= 11 is 50.2. The number of nitrogens with zero attached hydrogens (tertiary/aromatic N) is 27. The third kappa shape index (κ3) is 24.9. The van der Waals surface area contributed by atoms with Crippen LogP contribution in [0.5, 0.6) is 0 Å². The molecule has 0 aliphatic carbocycles. The first-order valence-electron chi connectivity index (χ1n) is 49.9. The van der Waals surface area contributed by atoms with Crippen molar-refractivity contribution in [1.82, 2.24) is 98.6 Å². The molecule has 4 aromatic carbocycles.